The van der Waals surface area contributed by atoms with Gasteiger partial charge in [-0.3, -0.25) is 4.79 Å². The molecule has 1 saturated carbocycles. The van der Waals surface area contributed by atoms with Crippen molar-refractivity contribution >= 4 is 5.91 Å². The molecule has 0 heterocycles. The van der Waals surface area contributed by atoms with Crippen LogP contribution in [-0.2, 0) is 4.79 Å². The molecule has 0 radical (unpaired) electrons. The highest BCUT2D eigenvalue weighted by atomic mass is 16.1. The zero-order valence-corrected chi connectivity index (χ0v) is 11.2. The van der Waals surface area contributed by atoms with E-state index >= 15 is 0 Å². The van der Waals surface area contributed by atoms with Gasteiger partial charge in [0.15, 0.2) is 0 Å². The first-order valence-corrected chi connectivity index (χ1v) is 6.88. The minimum absolute atomic E-state index is 0.207. The normalized spacial score (nSPS) is 19.5. The van der Waals surface area contributed by atoms with Crippen molar-refractivity contribution in [2.24, 2.45) is 5.73 Å². The van der Waals surface area contributed by atoms with Gasteiger partial charge in [0.1, 0.15) is 0 Å². The van der Waals surface area contributed by atoms with Crippen LogP contribution in [0.2, 0.25) is 0 Å². The predicted octanol–water partition coefficient (Wildman–Crippen LogP) is 1.10. The molecule has 1 amide bonds. The van der Waals surface area contributed by atoms with Crippen molar-refractivity contribution in [2.45, 2.75) is 57.5 Å². The molecule has 0 aliphatic heterocycles. The van der Waals surface area contributed by atoms with Gasteiger partial charge in [-0.1, -0.05) is 26.2 Å². The maximum atomic E-state index is 11.4. The summed E-state index contributed by atoms with van der Waals surface area (Å²) in [6.45, 7) is 3.68. The SMILES string of the molecule is CCCNC(CN(C)C1CCCCC1)C(N)=O. The fourth-order valence-corrected chi connectivity index (χ4v) is 2.53. The van der Waals surface area contributed by atoms with Gasteiger partial charge in [-0.25, -0.2) is 0 Å². The first-order valence-electron chi connectivity index (χ1n) is 6.88. The minimum atomic E-state index is -0.235. The summed E-state index contributed by atoms with van der Waals surface area (Å²) in [6, 6.07) is 0.427. The van der Waals surface area contributed by atoms with Crippen LogP contribution >= 0.6 is 0 Å². The Kier molecular flexibility index (Phi) is 6.52. The van der Waals surface area contributed by atoms with Crippen LogP contribution in [-0.4, -0.2) is 43.0 Å². The summed E-state index contributed by atoms with van der Waals surface area (Å²) < 4.78 is 0. The molecule has 0 aromatic carbocycles. The number of amides is 1. The number of nitrogens with one attached hydrogen (secondary N) is 1. The molecule has 1 aliphatic rings. The molecule has 1 fully saturated rings. The van der Waals surface area contributed by atoms with Crippen molar-refractivity contribution in [1.82, 2.24) is 10.2 Å². The Hall–Kier alpha value is -0.610. The van der Waals surface area contributed by atoms with Crippen molar-refractivity contribution in [1.29, 1.82) is 0 Å². The highest BCUT2D eigenvalue weighted by Gasteiger charge is 2.22. The standard InChI is InChI=1S/C13H27N3O/c1-3-9-15-12(13(14)17)10-16(2)11-7-5-4-6-8-11/h11-12,15H,3-10H2,1-2H3,(H2,14,17). The molecule has 4 heteroatoms. The third kappa shape index (κ3) is 5.04. The number of primary amides is 1. The van der Waals surface area contributed by atoms with Gasteiger partial charge >= 0.3 is 0 Å². The van der Waals surface area contributed by atoms with Gasteiger partial charge in [-0.15, -0.1) is 0 Å². The Labute approximate surface area is 105 Å². The molecule has 1 unspecified atom stereocenters. The summed E-state index contributed by atoms with van der Waals surface area (Å²) in [4.78, 5) is 13.7. The van der Waals surface area contributed by atoms with Crippen LogP contribution in [0.15, 0.2) is 0 Å². The second-order valence-corrected chi connectivity index (χ2v) is 5.14. The smallest absolute Gasteiger partial charge is 0.235 e. The molecule has 100 valence electrons. The van der Waals surface area contributed by atoms with E-state index in [1.807, 2.05) is 0 Å². The number of hydrogen-bond donors (Lipinski definition) is 2. The summed E-state index contributed by atoms with van der Waals surface area (Å²) >= 11 is 0. The maximum absolute atomic E-state index is 11.4. The molecule has 0 spiro atoms. The van der Waals surface area contributed by atoms with E-state index in [-0.39, 0.29) is 11.9 Å². The fourth-order valence-electron chi connectivity index (χ4n) is 2.53. The predicted molar refractivity (Wildman–Crippen MR) is 70.8 cm³/mol. The zero-order valence-electron chi connectivity index (χ0n) is 11.2. The molecular weight excluding hydrogens is 214 g/mol. The number of rotatable bonds is 7. The van der Waals surface area contributed by atoms with Crippen molar-refractivity contribution < 1.29 is 4.79 Å². The van der Waals surface area contributed by atoms with Crippen molar-refractivity contribution in [2.75, 3.05) is 20.1 Å². The number of hydrogen-bond acceptors (Lipinski definition) is 3. The highest BCUT2D eigenvalue weighted by molar-refractivity contribution is 5.80. The quantitative estimate of drug-likeness (QED) is 0.702. The first-order chi connectivity index (χ1) is 8.15. The van der Waals surface area contributed by atoms with Gasteiger partial charge in [-0.05, 0) is 32.9 Å². The fraction of sp³-hybridized carbons (Fsp3) is 0.923. The third-order valence-corrected chi connectivity index (χ3v) is 3.65. The molecule has 0 bridgehead atoms. The molecule has 1 aliphatic carbocycles. The van der Waals surface area contributed by atoms with Crippen molar-refractivity contribution in [3.63, 3.8) is 0 Å². The molecule has 0 saturated heterocycles. The minimum Gasteiger partial charge on any atom is -0.368 e. The topological polar surface area (TPSA) is 58.4 Å². The Morgan fingerprint density at radius 3 is 2.59 bits per heavy atom. The van der Waals surface area contributed by atoms with Gasteiger partial charge < -0.3 is 16.0 Å². The number of likely N-dealkylation sites (N-methyl/N-ethyl adjacent to an activating group) is 1. The van der Waals surface area contributed by atoms with Crippen LogP contribution in [0.5, 0.6) is 0 Å². The number of nitrogens with zero attached hydrogens (tertiary/aromatic N) is 1. The maximum Gasteiger partial charge on any atom is 0.235 e. The molecule has 0 aromatic heterocycles. The van der Waals surface area contributed by atoms with Crippen molar-refractivity contribution in [3.05, 3.63) is 0 Å². The van der Waals surface area contributed by atoms with Gasteiger partial charge in [0.2, 0.25) is 5.91 Å². The Morgan fingerprint density at radius 2 is 2.06 bits per heavy atom. The second-order valence-electron chi connectivity index (χ2n) is 5.14. The number of carbonyl (C=O) groups is 1. The van der Waals surface area contributed by atoms with E-state index in [0.29, 0.717) is 6.04 Å². The Morgan fingerprint density at radius 1 is 1.41 bits per heavy atom. The van der Waals surface area contributed by atoms with Crippen molar-refractivity contribution in [3.8, 4) is 0 Å². The highest BCUT2D eigenvalue weighted by Crippen LogP contribution is 2.21. The summed E-state index contributed by atoms with van der Waals surface area (Å²) in [5, 5.41) is 3.22. The van der Waals surface area contributed by atoms with E-state index in [4.69, 9.17) is 5.73 Å². The van der Waals surface area contributed by atoms with Crippen LogP contribution in [0.25, 0.3) is 0 Å². The zero-order chi connectivity index (χ0) is 12.7. The molecule has 1 rings (SSSR count). The van der Waals surface area contributed by atoms with Gasteiger partial charge in [-0.2, -0.15) is 0 Å². The Bertz CT molecular complexity index is 227. The van der Waals surface area contributed by atoms with E-state index in [9.17, 15) is 4.79 Å². The lowest BCUT2D eigenvalue weighted by Crippen LogP contribution is -2.50. The summed E-state index contributed by atoms with van der Waals surface area (Å²) in [6.07, 6.45) is 7.54. The molecule has 4 nitrogen and oxygen atoms in total. The average molecular weight is 241 g/mol. The van der Waals surface area contributed by atoms with Crippen LogP contribution in [0.3, 0.4) is 0 Å². The number of carbonyl (C=O) groups excluding carboxylic acids is 1. The second kappa shape index (κ2) is 7.67. The lowest BCUT2D eigenvalue weighted by atomic mass is 9.94. The third-order valence-electron chi connectivity index (χ3n) is 3.65. The molecule has 0 aromatic rings. The van der Waals surface area contributed by atoms with E-state index < -0.39 is 0 Å². The van der Waals surface area contributed by atoms with Gasteiger partial charge in [0, 0.05) is 12.6 Å². The van der Waals surface area contributed by atoms with E-state index in [0.717, 1.165) is 19.5 Å². The molecule has 1 atom stereocenters. The lowest BCUT2D eigenvalue weighted by Gasteiger charge is -2.33. The van der Waals surface area contributed by atoms with Crippen LogP contribution in [0, 0.1) is 0 Å². The van der Waals surface area contributed by atoms with Crippen LogP contribution in [0.4, 0.5) is 0 Å². The van der Waals surface area contributed by atoms with Gasteiger partial charge in [0.05, 0.1) is 6.04 Å². The monoisotopic (exact) mass is 241 g/mol. The summed E-state index contributed by atoms with van der Waals surface area (Å²) in [5.74, 6) is -0.235. The van der Waals surface area contributed by atoms with E-state index in [1.165, 1.54) is 32.1 Å². The summed E-state index contributed by atoms with van der Waals surface area (Å²) in [5.41, 5.74) is 5.43. The lowest BCUT2D eigenvalue weighted by molar-refractivity contribution is -0.120. The first kappa shape index (κ1) is 14.5. The number of nitrogens with two attached hydrogens (primary N) is 1. The molecule has 17 heavy (non-hydrogen) atoms. The van der Waals surface area contributed by atoms with E-state index in [1.54, 1.807) is 0 Å². The average Bonchev–Trinajstić information content (AvgIpc) is 2.35. The molecule has 3 N–H and O–H groups in total. The summed E-state index contributed by atoms with van der Waals surface area (Å²) in [7, 11) is 2.11. The molecular formula is C13H27N3O. The van der Waals surface area contributed by atoms with Crippen LogP contribution < -0.4 is 11.1 Å². The van der Waals surface area contributed by atoms with Gasteiger partial charge in [0.25, 0.3) is 0 Å². The Balaban J connectivity index is 2.38. The van der Waals surface area contributed by atoms with Crippen LogP contribution in [0.1, 0.15) is 45.4 Å². The largest absolute Gasteiger partial charge is 0.368 e. The van der Waals surface area contributed by atoms with E-state index in [2.05, 4.69) is 24.2 Å².